The van der Waals surface area contributed by atoms with Crippen molar-refractivity contribution < 1.29 is 4.42 Å². The van der Waals surface area contributed by atoms with Crippen LogP contribution in [0.25, 0.3) is 88.5 Å². The fourth-order valence-corrected chi connectivity index (χ4v) is 6.79. The van der Waals surface area contributed by atoms with Gasteiger partial charge in [0.1, 0.15) is 11.2 Å². The maximum absolute atomic E-state index is 6.55. The molecule has 2 heterocycles. The van der Waals surface area contributed by atoms with E-state index in [-0.39, 0.29) is 0 Å². The van der Waals surface area contributed by atoms with Crippen molar-refractivity contribution in [2.75, 3.05) is 0 Å². The molecule has 2 heteroatoms. The second-order valence-electron chi connectivity index (χ2n) is 10.7. The standard InChI is InChI=1S/C39H23NO/c1-2-11-25-24(10-1)27-15-7-16-30(33-18-8-17-32-26-12-5-6-20-36(26)41-39(32)33)37(27)28-13-3-4-14-29(28)38-31(25)21-22-35-34(38)19-9-23-40-35/h1-23H. The minimum absolute atomic E-state index is 0.910. The van der Waals surface area contributed by atoms with Gasteiger partial charge >= 0.3 is 0 Å². The molecule has 2 aromatic heterocycles. The molecule has 0 saturated heterocycles. The number of nitrogens with zero attached hydrogens (tertiary/aromatic N) is 1. The van der Waals surface area contributed by atoms with E-state index in [1.165, 1.54) is 44.5 Å². The lowest BCUT2D eigenvalue weighted by atomic mass is 9.77. The summed E-state index contributed by atoms with van der Waals surface area (Å²) >= 11 is 0. The molecular weight excluding hydrogens is 498 g/mol. The zero-order valence-electron chi connectivity index (χ0n) is 22.1. The Hall–Kier alpha value is -5.47. The molecule has 0 spiro atoms. The Bertz CT molecular complexity index is 2320. The summed E-state index contributed by atoms with van der Waals surface area (Å²) in [5, 5.41) is 3.44. The minimum Gasteiger partial charge on any atom is -0.455 e. The van der Waals surface area contributed by atoms with E-state index in [0.29, 0.717) is 0 Å². The van der Waals surface area contributed by atoms with Crippen LogP contribution in [0.5, 0.6) is 0 Å². The molecule has 0 atom stereocenters. The van der Waals surface area contributed by atoms with Crippen molar-refractivity contribution >= 4 is 32.8 Å². The number of para-hydroxylation sites is 2. The maximum atomic E-state index is 6.55. The normalized spacial score (nSPS) is 11.9. The highest BCUT2D eigenvalue weighted by atomic mass is 16.3. The first-order valence-electron chi connectivity index (χ1n) is 14.0. The third-order valence-electron chi connectivity index (χ3n) is 8.52. The first-order chi connectivity index (χ1) is 20.4. The highest BCUT2D eigenvalue weighted by molar-refractivity contribution is 6.15. The second-order valence-corrected chi connectivity index (χ2v) is 10.7. The number of pyridine rings is 1. The van der Waals surface area contributed by atoms with Crippen molar-refractivity contribution in [3.05, 3.63) is 140 Å². The van der Waals surface area contributed by atoms with Gasteiger partial charge < -0.3 is 4.42 Å². The molecule has 0 fully saturated rings. The molecule has 0 aliphatic heterocycles. The van der Waals surface area contributed by atoms with Gasteiger partial charge in [0.2, 0.25) is 0 Å². The molecule has 8 aromatic rings. The summed E-state index contributed by atoms with van der Waals surface area (Å²) in [5.41, 5.74) is 14.8. The van der Waals surface area contributed by atoms with E-state index in [1.807, 2.05) is 18.3 Å². The Morgan fingerprint density at radius 2 is 0.927 bits per heavy atom. The number of furan rings is 1. The summed E-state index contributed by atoms with van der Waals surface area (Å²) in [7, 11) is 0. The van der Waals surface area contributed by atoms with E-state index < -0.39 is 0 Å². The molecule has 0 saturated carbocycles. The molecule has 2 nitrogen and oxygen atoms in total. The van der Waals surface area contributed by atoms with Gasteiger partial charge in [0.25, 0.3) is 0 Å². The summed E-state index contributed by atoms with van der Waals surface area (Å²) in [6.07, 6.45) is 1.87. The van der Waals surface area contributed by atoms with Gasteiger partial charge in [-0.3, -0.25) is 4.98 Å². The van der Waals surface area contributed by atoms with Crippen LogP contribution in [0.3, 0.4) is 0 Å². The number of fused-ring (bicyclic) bond motifs is 13. The van der Waals surface area contributed by atoms with Crippen LogP contribution in [0, 0.1) is 0 Å². The molecular formula is C39H23NO. The van der Waals surface area contributed by atoms with E-state index in [9.17, 15) is 0 Å². The zero-order chi connectivity index (χ0) is 26.9. The summed E-state index contributed by atoms with van der Waals surface area (Å²) in [6.45, 7) is 0. The first kappa shape index (κ1) is 22.4. The van der Waals surface area contributed by atoms with Gasteiger partial charge in [0.15, 0.2) is 0 Å². The number of aromatic nitrogens is 1. The van der Waals surface area contributed by atoms with Gasteiger partial charge in [-0.05, 0) is 68.3 Å². The van der Waals surface area contributed by atoms with Crippen LogP contribution in [0.4, 0.5) is 0 Å². The molecule has 0 bridgehead atoms. The highest BCUT2D eigenvalue weighted by Gasteiger charge is 2.26. The monoisotopic (exact) mass is 521 g/mol. The molecule has 9 rings (SSSR count). The summed E-state index contributed by atoms with van der Waals surface area (Å²) in [5.74, 6) is 0. The van der Waals surface area contributed by atoms with Gasteiger partial charge in [-0.1, -0.05) is 115 Å². The Labute approximate surface area is 237 Å². The average molecular weight is 522 g/mol. The van der Waals surface area contributed by atoms with E-state index in [4.69, 9.17) is 9.40 Å². The molecule has 0 N–H and O–H groups in total. The van der Waals surface area contributed by atoms with Crippen LogP contribution in [-0.2, 0) is 0 Å². The van der Waals surface area contributed by atoms with Crippen molar-refractivity contribution in [3.63, 3.8) is 0 Å². The van der Waals surface area contributed by atoms with Crippen LogP contribution in [-0.4, -0.2) is 4.98 Å². The molecule has 190 valence electrons. The van der Waals surface area contributed by atoms with Gasteiger partial charge in [0.05, 0.1) is 5.52 Å². The Morgan fingerprint density at radius 1 is 0.366 bits per heavy atom. The summed E-state index contributed by atoms with van der Waals surface area (Å²) in [4.78, 5) is 4.72. The lowest BCUT2D eigenvalue weighted by Crippen LogP contribution is -1.99. The number of benzene rings is 6. The fraction of sp³-hybridized carbons (Fsp3) is 0. The first-order valence-corrected chi connectivity index (χ1v) is 14.0. The third kappa shape index (κ3) is 3.16. The van der Waals surface area contributed by atoms with E-state index >= 15 is 0 Å². The van der Waals surface area contributed by atoms with Crippen molar-refractivity contribution in [1.82, 2.24) is 4.98 Å². The number of hydrogen-bond acceptors (Lipinski definition) is 2. The Kier molecular flexibility index (Phi) is 4.64. The molecule has 0 radical (unpaired) electrons. The van der Waals surface area contributed by atoms with E-state index in [0.717, 1.165) is 44.0 Å². The van der Waals surface area contributed by atoms with Crippen molar-refractivity contribution in [2.45, 2.75) is 0 Å². The van der Waals surface area contributed by atoms with Crippen LogP contribution in [0.15, 0.2) is 144 Å². The molecule has 1 aliphatic carbocycles. The van der Waals surface area contributed by atoms with Gasteiger partial charge in [-0.2, -0.15) is 0 Å². The molecule has 0 amide bonds. The number of rotatable bonds is 1. The lowest BCUT2D eigenvalue weighted by Gasteiger charge is -2.26. The van der Waals surface area contributed by atoms with Crippen molar-refractivity contribution in [1.29, 1.82) is 0 Å². The lowest BCUT2D eigenvalue weighted by molar-refractivity contribution is 0.670. The highest BCUT2D eigenvalue weighted by Crippen LogP contribution is 2.52. The minimum atomic E-state index is 0.910. The predicted molar refractivity (Wildman–Crippen MR) is 170 cm³/mol. The molecule has 1 aliphatic rings. The molecule has 0 unspecified atom stereocenters. The van der Waals surface area contributed by atoms with Crippen LogP contribution >= 0.6 is 0 Å². The Balaban J connectivity index is 1.46. The van der Waals surface area contributed by atoms with Crippen molar-refractivity contribution in [3.8, 4) is 55.6 Å². The summed E-state index contributed by atoms with van der Waals surface area (Å²) < 4.78 is 6.55. The Morgan fingerprint density at radius 3 is 1.76 bits per heavy atom. The van der Waals surface area contributed by atoms with Crippen molar-refractivity contribution in [2.24, 2.45) is 0 Å². The third-order valence-corrected chi connectivity index (χ3v) is 8.52. The van der Waals surface area contributed by atoms with Gasteiger partial charge in [-0.25, -0.2) is 0 Å². The molecule has 6 aromatic carbocycles. The van der Waals surface area contributed by atoms with Crippen LogP contribution in [0.1, 0.15) is 0 Å². The average Bonchev–Trinajstić information content (AvgIpc) is 3.42. The zero-order valence-corrected chi connectivity index (χ0v) is 22.1. The fourth-order valence-electron chi connectivity index (χ4n) is 6.79. The topological polar surface area (TPSA) is 26.0 Å². The quantitative estimate of drug-likeness (QED) is 0.215. The van der Waals surface area contributed by atoms with E-state index in [1.54, 1.807) is 0 Å². The second kappa shape index (κ2) is 8.51. The number of hydrogen-bond donors (Lipinski definition) is 0. The summed E-state index contributed by atoms with van der Waals surface area (Å²) in [6, 6.07) is 47.7. The maximum Gasteiger partial charge on any atom is 0.143 e. The van der Waals surface area contributed by atoms with Gasteiger partial charge in [-0.15, -0.1) is 0 Å². The van der Waals surface area contributed by atoms with Crippen LogP contribution in [0.2, 0.25) is 0 Å². The van der Waals surface area contributed by atoms with Crippen LogP contribution < -0.4 is 0 Å². The SMILES string of the molecule is c1ccc2c(c1)-c1cccc(-c3cccc4c3oc3ccccc34)c1-c1ccccc1-c1c-2ccc2ncccc12. The smallest absolute Gasteiger partial charge is 0.143 e. The van der Waals surface area contributed by atoms with E-state index in [2.05, 4.69) is 121 Å². The predicted octanol–water partition coefficient (Wildman–Crippen LogP) is 10.8. The largest absolute Gasteiger partial charge is 0.455 e. The molecule has 41 heavy (non-hydrogen) atoms. The van der Waals surface area contributed by atoms with Gasteiger partial charge in [0, 0.05) is 27.9 Å².